The molecule has 112 valence electrons. The number of halogens is 3. The molecule has 0 bridgehead atoms. The molecular formula is C16H16BrClFNO. The first kappa shape index (κ1) is 16.3. The molecule has 0 aliphatic rings. The van der Waals surface area contributed by atoms with Crippen LogP contribution in [0.15, 0.2) is 40.9 Å². The van der Waals surface area contributed by atoms with E-state index in [4.69, 9.17) is 16.3 Å². The lowest BCUT2D eigenvalue weighted by Crippen LogP contribution is -2.18. The Bertz CT molecular complexity index is 636. The number of nitrogens with one attached hydrogen (secondary N) is 1. The summed E-state index contributed by atoms with van der Waals surface area (Å²) in [5, 5.41) is 3.61. The number of rotatable bonds is 5. The van der Waals surface area contributed by atoms with Crippen LogP contribution in [0.4, 0.5) is 4.39 Å². The van der Waals surface area contributed by atoms with Crippen molar-refractivity contribution in [3.05, 3.63) is 62.8 Å². The maximum atomic E-state index is 13.2. The number of hydrogen-bond acceptors (Lipinski definition) is 2. The molecule has 2 nitrogen and oxygen atoms in total. The van der Waals surface area contributed by atoms with Crippen LogP contribution < -0.4 is 10.1 Å². The Labute approximate surface area is 137 Å². The Balaban J connectivity index is 2.41. The molecule has 0 saturated carbocycles. The molecule has 0 aliphatic carbocycles. The van der Waals surface area contributed by atoms with E-state index in [1.165, 1.54) is 12.1 Å². The van der Waals surface area contributed by atoms with Crippen LogP contribution >= 0.6 is 27.5 Å². The van der Waals surface area contributed by atoms with Crippen molar-refractivity contribution in [2.24, 2.45) is 0 Å². The van der Waals surface area contributed by atoms with Gasteiger partial charge in [0.1, 0.15) is 11.6 Å². The van der Waals surface area contributed by atoms with Crippen LogP contribution in [0.2, 0.25) is 5.02 Å². The lowest BCUT2D eigenvalue weighted by Gasteiger charge is -2.20. The van der Waals surface area contributed by atoms with E-state index in [0.29, 0.717) is 11.6 Å². The number of benzene rings is 2. The summed E-state index contributed by atoms with van der Waals surface area (Å²) in [5.74, 6) is 0.456. The molecule has 1 N–H and O–H groups in total. The molecule has 0 aliphatic heterocycles. The van der Waals surface area contributed by atoms with Gasteiger partial charge in [-0.1, -0.05) is 39.7 Å². The van der Waals surface area contributed by atoms with Crippen LogP contribution in [0.25, 0.3) is 0 Å². The molecule has 2 rings (SSSR count). The molecule has 21 heavy (non-hydrogen) atoms. The van der Waals surface area contributed by atoms with Gasteiger partial charge in [-0.15, -0.1) is 0 Å². The molecule has 0 fully saturated rings. The third kappa shape index (κ3) is 3.76. The summed E-state index contributed by atoms with van der Waals surface area (Å²) in [6, 6.07) is 10.1. The van der Waals surface area contributed by atoms with Crippen LogP contribution in [0.5, 0.6) is 5.75 Å². The van der Waals surface area contributed by atoms with Gasteiger partial charge in [0.05, 0.1) is 12.6 Å². The Kier molecular flexibility index (Phi) is 5.62. The van der Waals surface area contributed by atoms with Crippen molar-refractivity contribution in [3.8, 4) is 5.75 Å². The largest absolute Gasteiger partial charge is 0.494 e. The minimum Gasteiger partial charge on any atom is -0.494 e. The van der Waals surface area contributed by atoms with Gasteiger partial charge < -0.3 is 10.1 Å². The molecule has 0 amide bonds. The molecule has 0 saturated heterocycles. The summed E-state index contributed by atoms with van der Waals surface area (Å²) in [6.07, 6.45) is 0. The monoisotopic (exact) mass is 371 g/mol. The maximum Gasteiger partial charge on any atom is 0.124 e. The van der Waals surface area contributed by atoms with Crippen molar-refractivity contribution in [2.45, 2.75) is 13.0 Å². The second kappa shape index (κ2) is 7.25. The van der Waals surface area contributed by atoms with Gasteiger partial charge in [-0.25, -0.2) is 4.39 Å². The second-order valence-electron chi connectivity index (χ2n) is 4.50. The average Bonchev–Trinajstić information content (AvgIpc) is 2.44. The molecule has 1 atom stereocenters. The highest BCUT2D eigenvalue weighted by Crippen LogP contribution is 2.34. The zero-order valence-corrected chi connectivity index (χ0v) is 14.1. The van der Waals surface area contributed by atoms with E-state index in [1.54, 1.807) is 6.07 Å². The van der Waals surface area contributed by atoms with Crippen LogP contribution in [0.1, 0.15) is 24.1 Å². The Morgan fingerprint density at radius 1 is 1.24 bits per heavy atom. The fraction of sp³-hybridized carbons (Fsp3) is 0.250. The van der Waals surface area contributed by atoms with Gasteiger partial charge in [0.2, 0.25) is 0 Å². The van der Waals surface area contributed by atoms with E-state index in [1.807, 2.05) is 32.2 Å². The predicted molar refractivity (Wildman–Crippen MR) is 87.6 cm³/mol. The first-order valence-corrected chi connectivity index (χ1v) is 7.78. The van der Waals surface area contributed by atoms with Gasteiger partial charge in [0.25, 0.3) is 0 Å². The highest BCUT2D eigenvalue weighted by Gasteiger charge is 2.18. The van der Waals surface area contributed by atoms with Crippen LogP contribution in [-0.2, 0) is 0 Å². The summed E-state index contributed by atoms with van der Waals surface area (Å²) in [7, 11) is 1.84. The average molecular weight is 373 g/mol. The zero-order valence-electron chi connectivity index (χ0n) is 11.8. The molecule has 0 aromatic heterocycles. The van der Waals surface area contributed by atoms with Crippen molar-refractivity contribution >= 4 is 27.5 Å². The molecule has 1 unspecified atom stereocenters. The highest BCUT2D eigenvalue weighted by atomic mass is 79.9. The van der Waals surface area contributed by atoms with E-state index in [2.05, 4.69) is 21.2 Å². The Morgan fingerprint density at radius 3 is 2.52 bits per heavy atom. The fourth-order valence-corrected chi connectivity index (χ4v) is 3.08. The van der Waals surface area contributed by atoms with Gasteiger partial charge in [0.15, 0.2) is 0 Å². The van der Waals surface area contributed by atoms with Crippen LogP contribution in [-0.4, -0.2) is 13.7 Å². The van der Waals surface area contributed by atoms with Gasteiger partial charge in [0, 0.05) is 9.50 Å². The third-order valence-corrected chi connectivity index (χ3v) is 4.17. The molecule has 0 spiro atoms. The minimum atomic E-state index is -0.343. The first-order chi connectivity index (χ1) is 10.1. The molecule has 5 heteroatoms. The summed E-state index contributed by atoms with van der Waals surface area (Å²) in [6.45, 7) is 2.56. The van der Waals surface area contributed by atoms with Crippen molar-refractivity contribution in [1.82, 2.24) is 5.32 Å². The SMILES string of the molecule is CCOc1ccc(C(NC)c2ccc(F)cc2Cl)c(Br)c1. The lowest BCUT2D eigenvalue weighted by atomic mass is 9.98. The van der Waals surface area contributed by atoms with E-state index in [0.717, 1.165) is 21.3 Å². The van der Waals surface area contributed by atoms with E-state index < -0.39 is 0 Å². The summed E-state index contributed by atoms with van der Waals surface area (Å²) >= 11 is 9.72. The number of hydrogen-bond donors (Lipinski definition) is 1. The fourth-order valence-electron chi connectivity index (χ4n) is 2.21. The first-order valence-electron chi connectivity index (χ1n) is 6.61. The van der Waals surface area contributed by atoms with Crippen LogP contribution in [0.3, 0.4) is 0 Å². The van der Waals surface area contributed by atoms with Gasteiger partial charge in [-0.3, -0.25) is 0 Å². The lowest BCUT2D eigenvalue weighted by molar-refractivity contribution is 0.340. The van der Waals surface area contributed by atoms with Crippen molar-refractivity contribution in [2.75, 3.05) is 13.7 Å². The van der Waals surface area contributed by atoms with Crippen molar-refractivity contribution in [1.29, 1.82) is 0 Å². The smallest absolute Gasteiger partial charge is 0.124 e. The molecule has 2 aromatic rings. The Hall–Kier alpha value is -1.10. The minimum absolute atomic E-state index is 0.136. The molecule has 0 radical (unpaired) electrons. The van der Waals surface area contributed by atoms with E-state index in [9.17, 15) is 4.39 Å². The van der Waals surface area contributed by atoms with Gasteiger partial charge in [-0.2, -0.15) is 0 Å². The van der Waals surface area contributed by atoms with Crippen molar-refractivity contribution < 1.29 is 9.13 Å². The van der Waals surface area contributed by atoms with Crippen LogP contribution in [0, 0.1) is 5.82 Å². The van der Waals surface area contributed by atoms with Gasteiger partial charge in [-0.05, 0) is 49.4 Å². The summed E-state index contributed by atoms with van der Waals surface area (Å²) in [4.78, 5) is 0. The topological polar surface area (TPSA) is 21.3 Å². The predicted octanol–water partition coefficient (Wildman–Crippen LogP) is 4.95. The third-order valence-electron chi connectivity index (χ3n) is 3.16. The zero-order chi connectivity index (χ0) is 15.4. The number of ether oxygens (including phenoxy) is 1. The quantitative estimate of drug-likeness (QED) is 0.802. The summed E-state index contributed by atoms with van der Waals surface area (Å²) in [5.41, 5.74) is 1.83. The molecule has 2 aromatic carbocycles. The molecular weight excluding hydrogens is 357 g/mol. The highest BCUT2D eigenvalue weighted by molar-refractivity contribution is 9.10. The summed E-state index contributed by atoms with van der Waals surface area (Å²) < 4.78 is 19.6. The van der Waals surface area contributed by atoms with E-state index >= 15 is 0 Å². The van der Waals surface area contributed by atoms with Gasteiger partial charge >= 0.3 is 0 Å². The Morgan fingerprint density at radius 2 is 1.95 bits per heavy atom. The maximum absolute atomic E-state index is 13.2. The van der Waals surface area contributed by atoms with Crippen molar-refractivity contribution in [3.63, 3.8) is 0 Å². The standard InChI is InChI=1S/C16H16BrClFNO/c1-3-21-11-5-7-12(14(17)9-11)16(20-2)13-6-4-10(19)8-15(13)18/h4-9,16,20H,3H2,1-2H3. The normalized spacial score (nSPS) is 12.2. The second-order valence-corrected chi connectivity index (χ2v) is 5.77. The molecule has 0 heterocycles. The van der Waals surface area contributed by atoms with E-state index in [-0.39, 0.29) is 11.9 Å².